The van der Waals surface area contributed by atoms with Crippen LogP contribution in [0, 0.1) is 35.5 Å². The standard InChI is InChI=1S/3CN.Zn/c3*1-2;/q3*-1;. The van der Waals surface area contributed by atoms with Crippen LogP contribution in [0.15, 0.2) is 0 Å². The predicted octanol–water partition coefficient (Wildman–Crippen LogP) is 0.287. The SMILES string of the molecule is [C-]#N.[C-]#N.[C-]#N.[Zn]. The number of rotatable bonds is 0. The third-order valence-electron chi connectivity index (χ3n) is 0. The molecule has 0 aromatic heterocycles. The van der Waals surface area contributed by atoms with Gasteiger partial charge < -0.3 is 35.5 Å². The van der Waals surface area contributed by atoms with Crippen molar-refractivity contribution in [1.29, 1.82) is 15.8 Å². The fourth-order valence-electron chi connectivity index (χ4n) is 0. The van der Waals surface area contributed by atoms with Crippen LogP contribution in [-0.2, 0) is 19.5 Å². The molecule has 0 aliphatic heterocycles. The second-order valence-corrected chi connectivity index (χ2v) is 0. The zero-order valence-electron chi connectivity index (χ0n) is 3.55. The molecule has 0 N–H and O–H groups in total. The maximum absolute atomic E-state index is 6.25. The van der Waals surface area contributed by atoms with Gasteiger partial charge >= 0.3 is 0 Å². The molecule has 32 valence electrons. The first kappa shape index (κ1) is 36.1. The van der Waals surface area contributed by atoms with Crippen LogP contribution in [0.5, 0.6) is 0 Å². The van der Waals surface area contributed by atoms with Crippen molar-refractivity contribution in [2.24, 2.45) is 0 Å². The van der Waals surface area contributed by atoms with Gasteiger partial charge in [-0.25, -0.2) is 0 Å². The molecule has 0 rings (SSSR count). The Kier molecular flexibility index (Phi) is 535. The number of hydrogen-bond acceptors (Lipinski definition) is 3. The first-order chi connectivity index (χ1) is 3.00. The van der Waals surface area contributed by atoms with Crippen LogP contribution in [0.2, 0.25) is 0 Å². The Morgan fingerprint density at radius 1 is 0.571 bits per heavy atom. The number of nitrogens with zero attached hydrogens (tertiary/aromatic N) is 3. The second kappa shape index (κ2) is 104. The Hall–Kier alpha value is -0.907. The molecule has 0 aromatic carbocycles. The summed E-state index contributed by atoms with van der Waals surface area (Å²) in [4.78, 5) is 0. The Bertz CT molecular complexity index is 38.7. The summed E-state index contributed by atoms with van der Waals surface area (Å²) in [7, 11) is 0. The van der Waals surface area contributed by atoms with Gasteiger partial charge in [-0.2, -0.15) is 0 Å². The van der Waals surface area contributed by atoms with Crippen molar-refractivity contribution in [3.63, 3.8) is 0 Å². The van der Waals surface area contributed by atoms with Crippen LogP contribution in [0.1, 0.15) is 0 Å². The molecule has 0 spiro atoms. The molecule has 0 atom stereocenters. The van der Waals surface area contributed by atoms with Crippen molar-refractivity contribution in [1.82, 2.24) is 0 Å². The predicted molar refractivity (Wildman–Crippen MR) is 14.9 cm³/mol. The molecule has 0 amide bonds. The largest absolute Gasteiger partial charge is 0.512 e. The molecule has 4 heteroatoms. The Morgan fingerprint density at radius 2 is 0.571 bits per heavy atom. The van der Waals surface area contributed by atoms with Gasteiger partial charge in [0.15, 0.2) is 0 Å². The van der Waals surface area contributed by atoms with E-state index < -0.39 is 0 Å². The average Bonchev–Trinajstić information content (AvgIpc) is 1.81. The van der Waals surface area contributed by atoms with Crippen LogP contribution in [0.25, 0.3) is 0 Å². The minimum atomic E-state index is 0. The first-order valence-electron chi connectivity index (χ1n) is 0.671. The summed E-state index contributed by atoms with van der Waals surface area (Å²) in [5.74, 6) is 0. The summed E-state index contributed by atoms with van der Waals surface area (Å²) in [5.41, 5.74) is 0. The maximum atomic E-state index is 6.25. The first-order valence-corrected chi connectivity index (χ1v) is 0.671. The average molecular weight is 143 g/mol. The van der Waals surface area contributed by atoms with E-state index in [0.29, 0.717) is 0 Å². The van der Waals surface area contributed by atoms with Crippen molar-refractivity contribution in [3.05, 3.63) is 19.7 Å². The van der Waals surface area contributed by atoms with Crippen LogP contribution in [0.4, 0.5) is 0 Å². The third kappa shape index (κ3) is 59.3. The zero-order valence-corrected chi connectivity index (χ0v) is 6.52. The Morgan fingerprint density at radius 3 is 0.571 bits per heavy atom. The van der Waals surface area contributed by atoms with Gasteiger partial charge in [-0.3, -0.25) is 0 Å². The molecule has 3 nitrogen and oxygen atoms in total. The summed E-state index contributed by atoms with van der Waals surface area (Å²) in [6.07, 6.45) is 0. The van der Waals surface area contributed by atoms with Gasteiger partial charge in [0.25, 0.3) is 0 Å². The van der Waals surface area contributed by atoms with E-state index in [9.17, 15) is 0 Å². The van der Waals surface area contributed by atoms with E-state index in [1.165, 1.54) is 0 Å². The van der Waals surface area contributed by atoms with Gasteiger partial charge in [-0.15, -0.1) is 0 Å². The van der Waals surface area contributed by atoms with Gasteiger partial charge in [0.2, 0.25) is 0 Å². The smallest absolute Gasteiger partial charge is 0 e. The van der Waals surface area contributed by atoms with Crippen molar-refractivity contribution in [3.8, 4) is 0 Å². The monoisotopic (exact) mass is 142 g/mol. The molecule has 0 aliphatic carbocycles. The summed E-state index contributed by atoms with van der Waals surface area (Å²) in [6.45, 7) is 14.2. The molecule has 0 aromatic rings. The Balaban J connectivity index is -0.00000000900. The minimum Gasteiger partial charge on any atom is -0.512 e. The van der Waals surface area contributed by atoms with Gasteiger partial charge in [-0.05, 0) is 0 Å². The van der Waals surface area contributed by atoms with Gasteiger partial charge in [0.1, 0.15) is 0 Å². The maximum Gasteiger partial charge on any atom is 0 e. The fourth-order valence-corrected chi connectivity index (χ4v) is 0. The van der Waals surface area contributed by atoms with E-state index in [-0.39, 0.29) is 19.5 Å². The summed E-state index contributed by atoms with van der Waals surface area (Å²) >= 11 is 0. The molecule has 0 radical (unpaired) electrons. The molecular weight excluding hydrogens is 143 g/mol. The molecule has 0 unspecified atom stereocenters. The van der Waals surface area contributed by atoms with E-state index in [0.717, 1.165) is 0 Å². The molecule has 0 heterocycles. The minimum absolute atomic E-state index is 0. The van der Waals surface area contributed by atoms with Crippen LogP contribution in [-0.4, -0.2) is 0 Å². The molecule has 0 fully saturated rings. The summed E-state index contributed by atoms with van der Waals surface area (Å²) in [6, 6.07) is 0. The van der Waals surface area contributed by atoms with E-state index in [1.807, 2.05) is 0 Å². The van der Waals surface area contributed by atoms with E-state index in [1.54, 1.807) is 0 Å². The van der Waals surface area contributed by atoms with Crippen molar-refractivity contribution in [2.75, 3.05) is 0 Å². The van der Waals surface area contributed by atoms with E-state index in [4.69, 9.17) is 35.5 Å². The van der Waals surface area contributed by atoms with Crippen molar-refractivity contribution < 1.29 is 19.5 Å². The quantitative estimate of drug-likeness (QED) is 0.361. The van der Waals surface area contributed by atoms with Gasteiger partial charge in [0, 0.05) is 19.5 Å². The molecule has 0 saturated carbocycles. The van der Waals surface area contributed by atoms with Gasteiger partial charge in [0.05, 0.1) is 0 Å². The van der Waals surface area contributed by atoms with Crippen molar-refractivity contribution >= 4 is 0 Å². The zero-order chi connectivity index (χ0) is 6.00. The molecule has 0 bridgehead atoms. The molecule has 0 saturated heterocycles. The molecule has 7 heavy (non-hydrogen) atoms. The normalized spacial score (nSPS) is 0.857. The topological polar surface area (TPSA) is 71.4 Å². The fraction of sp³-hybridized carbons (Fsp3) is 0. The third-order valence-corrected chi connectivity index (χ3v) is 0. The second-order valence-electron chi connectivity index (χ2n) is 0. The summed E-state index contributed by atoms with van der Waals surface area (Å²) in [5, 5.41) is 18.8. The van der Waals surface area contributed by atoms with Crippen LogP contribution >= 0.6 is 0 Å². The number of hydrogen-bond donors (Lipinski definition) is 0. The summed E-state index contributed by atoms with van der Waals surface area (Å²) < 4.78 is 0. The van der Waals surface area contributed by atoms with E-state index >= 15 is 0 Å². The van der Waals surface area contributed by atoms with Gasteiger partial charge in [-0.1, -0.05) is 0 Å². The van der Waals surface area contributed by atoms with Crippen LogP contribution in [0.3, 0.4) is 0 Å². The van der Waals surface area contributed by atoms with Crippen molar-refractivity contribution in [2.45, 2.75) is 0 Å². The molecular formula is C3N3Zn-3. The van der Waals surface area contributed by atoms with E-state index in [2.05, 4.69) is 0 Å². The van der Waals surface area contributed by atoms with Crippen LogP contribution < -0.4 is 0 Å². The Labute approximate surface area is 55.5 Å². The molecule has 0 aliphatic rings.